The van der Waals surface area contributed by atoms with Crippen LogP contribution >= 0.6 is 11.8 Å². The molecule has 1 aromatic heterocycles. The number of ether oxygens (including phenoxy) is 1. The van der Waals surface area contributed by atoms with Gasteiger partial charge in [0, 0.05) is 24.0 Å². The van der Waals surface area contributed by atoms with Gasteiger partial charge in [0.05, 0.1) is 11.9 Å². The molecule has 1 aromatic rings. The predicted molar refractivity (Wildman–Crippen MR) is 74.2 cm³/mol. The van der Waals surface area contributed by atoms with Crippen LogP contribution in [0.15, 0.2) is 5.16 Å². The van der Waals surface area contributed by atoms with Crippen molar-refractivity contribution in [3.05, 3.63) is 17.0 Å². The second-order valence-corrected chi connectivity index (χ2v) is 5.92. The minimum absolute atomic E-state index is 0.394. The SMILES string of the molecule is CNC1CCOCC1Sc1nc(C)c(C)c(C)n1. The normalized spacial score (nSPS) is 24.2. The number of aromatic nitrogens is 2. The Kier molecular flexibility index (Phi) is 4.59. The predicted octanol–water partition coefficient (Wildman–Crippen LogP) is 1.87. The largest absolute Gasteiger partial charge is 0.380 e. The van der Waals surface area contributed by atoms with Crippen molar-refractivity contribution in [2.45, 2.75) is 43.6 Å². The van der Waals surface area contributed by atoms with Gasteiger partial charge in [0.25, 0.3) is 0 Å². The zero-order chi connectivity index (χ0) is 13.1. The summed E-state index contributed by atoms with van der Waals surface area (Å²) in [5, 5.41) is 4.62. The molecule has 0 bridgehead atoms. The first kappa shape index (κ1) is 13.8. The molecule has 0 saturated carbocycles. The van der Waals surface area contributed by atoms with E-state index in [4.69, 9.17) is 4.74 Å². The number of aryl methyl sites for hydroxylation is 2. The fraction of sp³-hybridized carbons (Fsp3) is 0.692. The Hall–Kier alpha value is -0.650. The molecule has 2 atom stereocenters. The lowest BCUT2D eigenvalue weighted by molar-refractivity contribution is 0.0850. The van der Waals surface area contributed by atoms with E-state index in [-0.39, 0.29) is 0 Å². The van der Waals surface area contributed by atoms with E-state index >= 15 is 0 Å². The Labute approximate surface area is 113 Å². The average molecular weight is 267 g/mol. The van der Waals surface area contributed by atoms with Crippen molar-refractivity contribution in [3.8, 4) is 0 Å². The third kappa shape index (κ3) is 3.02. The summed E-state index contributed by atoms with van der Waals surface area (Å²) >= 11 is 1.72. The van der Waals surface area contributed by atoms with E-state index in [1.165, 1.54) is 5.56 Å². The summed E-state index contributed by atoms with van der Waals surface area (Å²) in [4.78, 5) is 9.13. The maximum Gasteiger partial charge on any atom is 0.188 e. The summed E-state index contributed by atoms with van der Waals surface area (Å²) in [5.41, 5.74) is 3.33. The summed E-state index contributed by atoms with van der Waals surface area (Å²) in [6, 6.07) is 0.481. The number of hydrogen-bond acceptors (Lipinski definition) is 5. The van der Waals surface area contributed by atoms with Crippen LogP contribution in [0.3, 0.4) is 0 Å². The Bertz CT molecular complexity index is 402. The molecule has 1 fully saturated rings. The zero-order valence-corrected chi connectivity index (χ0v) is 12.3. The molecule has 0 amide bonds. The van der Waals surface area contributed by atoms with Gasteiger partial charge in [-0.15, -0.1) is 0 Å². The van der Waals surface area contributed by atoms with Gasteiger partial charge in [-0.25, -0.2) is 9.97 Å². The zero-order valence-electron chi connectivity index (χ0n) is 11.5. The molecule has 0 radical (unpaired) electrons. The molecule has 2 rings (SSSR count). The lowest BCUT2D eigenvalue weighted by Crippen LogP contribution is -2.43. The number of nitrogens with one attached hydrogen (secondary N) is 1. The van der Waals surface area contributed by atoms with Crippen LogP contribution in [0.1, 0.15) is 23.4 Å². The van der Waals surface area contributed by atoms with Crippen molar-refractivity contribution in [1.82, 2.24) is 15.3 Å². The molecule has 0 aromatic carbocycles. The summed E-state index contributed by atoms with van der Waals surface area (Å²) < 4.78 is 5.55. The molecule has 1 saturated heterocycles. The molecular formula is C13H21N3OS. The molecule has 4 nitrogen and oxygen atoms in total. The molecule has 2 unspecified atom stereocenters. The fourth-order valence-corrected chi connectivity index (χ4v) is 3.34. The van der Waals surface area contributed by atoms with E-state index in [1.54, 1.807) is 11.8 Å². The highest BCUT2D eigenvalue weighted by Gasteiger charge is 2.26. The van der Waals surface area contributed by atoms with Gasteiger partial charge in [0.15, 0.2) is 5.16 Å². The highest BCUT2D eigenvalue weighted by atomic mass is 32.2. The third-order valence-corrected chi connectivity index (χ3v) is 4.70. The number of hydrogen-bond donors (Lipinski definition) is 1. The van der Waals surface area contributed by atoms with E-state index in [0.29, 0.717) is 11.3 Å². The number of rotatable bonds is 3. The highest BCUT2D eigenvalue weighted by molar-refractivity contribution is 7.99. The molecule has 100 valence electrons. The first-order chi connectivity index (χ1) is 8.61. The molecule has 0 aliphatic carbocycles. The van der Waals surface area contributed by atoms with Gasteiger partial charge in [-0.05, 0) is 39.8 Å². The summed E-state index contributed by atoms with van der Waals surface area (Å²) in [6.45, 7) is 7.77. The van der Waals surface area contributed by atoms with Gasteiger partial charge in [-0.3, -0.25) is 0 Å². The Morgan fingerprint density at radius 3 is 2.50 bits per heavy atom. The van der Waals surface area contributed by atoms with Crippen LogP contribution in [0.2, 0.25) is 0 Å². The standard InChI is InChI=1S/C13H21N3OS/c1-8-9(2)15-13(16-10(8)3)18-12-7-17-6-5-11(12)14-4/h11-12,14H,5-7H2,1-4H3. The first-order valence-electron chi connectivity index (χ1n) is 6.35. The van der Waals surface area contributed by atoms with Gasteiger partial charge in [-0.2, -0.15) is 0 Å². The maximum atomic E-state index is 5.55. The summed E-state index contributed by atoms with van der Waals surface area (Å²) in [5.74, 6) is 0. The molecule has 18 heavy (non-hydrogen) atoms. The Morgan fingerprint density at radius 1 is 1.22 bits per heavy atom. The number of nitrogens with zero attached hydrogens (tertiary/aromatic N) is 2. The van der Waals surface area contributed by atoms with Crippen molar-refractivity contribution in [2.24, 2.45) is 0 Å². The van der Waals surface area contributed by atoms with Crippen LogP contribution in [-0.4, -0.2) is 41.5 Å². The minimum atomic E-state index is 0.394. The molecule has 2 heterocycles. The van der Waals surface area contributed by atoms with Crippen LogP contribution in [0, 0.1) is 20.8 Å². The van der Waals surface area contributed by atoms with Gasteiger partial charge < -0.3 is 10.1 Å². The highest BCUT2D eigenvalue weighted by Crippen LogP contribution is 2.27. The molecular weight excluding hydrogens is 246 g/mol. The topological polar surface area (TPSA) is 47.0 Å². The Morgan fingerprint density at radius 2 is 1.89 bits per heavy atom. The van der Waals surface area contributed by atoms with Crippen LogP contribution < -0.4 is 5.32 Å². The van der Waals surface area contributed by atoms with E-state index in [9.17, 15) is 0 Å². The quantitative estimate of drug-likeness (QED) is 0.847. The van der Waals surface area contributed by atoms with E-state index in [2.05, 4.69) is 22.2 Å². The van der Waals surface area contributed by atoms with Gasteiger partial charge in [-0.1, -0.05) is 11.8 Å². The smallest absolute Gasteiger partial charge is 0.188 e. The van der Waals surface area contributed by atoms with E-state index < -0.39 is 0 Å². The van der Waals surface area contributed by atoms with Crippen molar-refractivity contribution in [3.63, 3.8) is 0 Å². The third-order valence-electron chi connectivity index (χ3n) is 3.54. The lowest BCUT2D eigenvalue weighted by Gasteiger charge is -2.30. The molecule has 1 aliphatic heterocycles. The number of thioether (sulfide) groups is 1. The maximum absolute atomic E-state index is 5.55. The molecule has 1 aliphatic rings. The monoisotopic (exact) mass is 267 g/mol. The Balaban J connectivity index is 2.13. The van der Waals surface area contributed by atoms with Crippen LogP contribution in [0.25, 0.3) is 0 Å². The van der Waals surface area contributed by atoms with Crippen molar-refractivity contribution in [1.29, 1.82) is 0 Å². The van der Waals surface area contributed by atoms with Gasteiger partial charge in [0.2, 0.25) is 0 Å². The molecule has 1 N–H and O–H groups in total. The van der Waals surface area contributed by atoms with Crippen LogP contribution in [0.4, 0.5) is 0 Å². The van der Waals surface area contributed by atoms with Crippen LogP contribution in [-0.2, 0) is 4.74 Å². The van der Waals surface area contributed by atoms with Crippen LogP contribution in [0.5, 0.6) is 0 Å². The van der Waals surface area contributed by atoms with E-state index in [1.807, 2.05) is 20.9 Å². The lowest BCUT2D eigenvalue weighted by atomic mass is 10.1. The van der Waals surface area contributed by atoms with Crippen molar-refractivity contribution in [2.75, 3.05) is 20.3 Å². The molecule has 0 spiro atoms. The van der Waals surface area contributed by atoms with E-state index in [0.717, 1.165) is 36.2 Å². The molecule has 5 heteroatoms. The van der Waals surface area contributed by atoms with Crippen molar-refractivity contribution < 1.29 is 4.74 Å². The first-order valence-corrected chi connectivity index (χ1v) is 7.23. The van der Waals surface area contributed by atoms with Crippen molar-refractivity contribution >= 4 is 11.8 Å². The summed E-state index contributed by atoms with van der Waals surface area (Å²) in [6.07, 6.45) is 1.05. The summed E-state index contributed by atoms with van der Waals surface area (Å²) in [7, 11) is 2.01. The fourth-order valence-electron chi connectivity index (χ4n) is 2.09. The van der Waals surface area contributed by atoms with Gasteiger partial charge >= 0.3 is 0 Å². The minimum Gasteiger partial charge on any atom is -0.380 e. The average Bonchev–Trinajstić information content (AvgIpc) is 2.36. The second kappa shape index (κ2) is 5.99. The second-order valence-electron chi connectivity index (χ2n) is 4.72. The van der Waals surface area contributed by atoms with Gasteiger partial charge in [0.1, 0.15) is 0 Å².